The fourth-order valence-electron chi connectivity index (χ4n) is 2.29. The summed E-state index contributed by atoms with van der Waals surface area (Å²) in [5.74, 6) is -1.48. The van der Waals surface area contributed by atoms with Crippen molar-refractivity contribution >= 4 is 56.0 Å². The first-order valence-corrected chi connectivity index (χ1v) is 9.09. The summed E-state index contributed by atoms with van der Waals surface area (Å²) in [5.41, 5.74) is 0.679. The quantitative estimate of drug-likeness (QED) is 0.436. The van der Waals surface area contributed by atoms with E-state index < -0.39 is 17.7 Å². The van der Waals surface area contributed by atoms with E-state index >= 15 is 0 Å². The van der Waals surface area contributed by atoms with Gasteiger partial charge in [-0.15, -0.1) is 0 Å². The van der Waals surface area contributed by atoms with Gasteiger partial charge in [-0.05, 0) is 46.9 Å². The second-order valence-corrected chi connectivity index (χ2v) is 7.20. The number of thiazole rings is 1. The van der Waals surface area contributed by atoms with Crippen LogP contribution in [0.25, 0.3) is 10.2 Å². The zero-order valence-electron chi connectivity index (χ0n) is 13.0. The lowest BCUT2D eigenvalue weighted by molar-refractivity contribution is -0.141. The molecule has 0 saturated carbocycles. The smallest absolute Gasteiger partial charge is 0.325 e. The first kappa shape index (κ1) is 17.7. The van der Waals surface area contributed by atoms with E-state index in [1.807, 2.05) is 6.07 Å². The highest BCUT2D eigenvalue weighted by Crippen LogP contribution is 2.21. The molecule has 3 aromatic rings. The average Bonchev–Trinajstić information content (AvgIpc) is 2.93. The fourth-order valence-corrected chi connectivity index (χ4v) is 3.95. The van der Waals surface area contributed by atoms with Crippen LogP contribution in [0.4, 0.5) is 4.39 Å². The number of carbonyl (C=O) groups excluding carboxylic acids is 2. The van der Waals surface area contributed by atoms with Gasteiger partial charge in [-0.25, -0.2) is 4.39 Å². The Bertz CT molecular complexity index is 1040. The van der Waals surface area contributed by atoms with E-state index in [0.29, 0.717) is 10.3 Å². The lowest BCUT2D eigenvalue weighted by atomic mass is 10.2. The summed E-state index contributed by atoms with van der Waals surface area (Å²) >= 11 is 3.20. The molecule has 25 heavy (non-hydrogen) atoms. The van der Waals surface area contributed by atoms with Crippen LogP contribution in [0.2, 0.25) is 0 Å². The van der Waals surface area contributed by atoms with Crippen LogP contribution in [0, 0.1) is 9.39 Å². The Balaban J connectivity index is 2.19. The van der Waals surface area contributed by atoms with Crippen LogP contribution >= 0.6 is 33.9 Å². The maximum atomic E-state index is 14.2. The van der Waals surface area contributed by atoms with Gasteiger partial charge in [0.05, 0.1) is 22.9 Å². The molecule has 3 rings (SSSR count). The molecule has 0 spiro atoms. The number of aromatic nitrogens is 1. The number of esters is 1. The molecule has 128 valence electrons. The third-order valence-electron chi connectivity index (χ3n) is 3.47. The molecule has 1 amide bonds. The standard InChI is InChI=1S/C17H12FIN2O3S/c1-24-14(22)9-21-15-11(18)6-4-8-13(15)25-17(21)20-16(23)10-5-2-3-7-12(10)19/h2-8H,9H2,1H3. The molecule has 0 aliphatic heterocycles. The number of para-hydroxylation sites is 1. The van der Waals surface area contributed by atoms with Crippen LogP contribution in [0.15, 0.2) is 47.5 Å². The molecule has 0 saturated heterocycles. The van der Waals surface area contributed by atoms with Crippen molar-refractivity contribution in [2.45, 2.75) is 6.54 Å². The van der Waals surface area contributed by atoms with Crippen molar-refractivity contribution in [1.82, 2.24) is 4.57 Å². The first-order chi connectivity index (χ1) is 12.0. The molecule has 1 aromatic heterocycles. The molecule has 8 heteroatoms. The largest absolute Gasteiger partial charge is 0.468 e. The molecule has 2 aromatic carbocycles. The Morgan fingerprint density at radius 3 is 2.72 bits per heavy atom. The summed E-state index contributed by atoms with van der Waals surface area (Å²) < 4.78 is 21.6. The van der Waals surface area contributed by atoms with Gasteiger partial charge in [0.25, 0.3) is 5.91 Å². The number of fused-ring (bicyclic) bond motifs is 1. The third-order valence-corrected chi connectivity index (χ3v) is 5.45. The van der Waals surface area contributed by atoms with Crippen molar-refractivity contribution in [3.05, 3.63) is 62.2 Å². The van der Waals surface area contributed by atoms with Crippen LogP contribution in [0.5, 0.6) is 0 Å². The summed E-state index contributed by atoms with van der Waals surface area (Å²) in [6, 6.07) is 11.6. The van der Waals surface area contributed by atoms with E-state index in [-0.39, 0.29) is 16.9 Å². The van der Waals surface area contributed by atoms with E-state index in [9.17, 15) is 14.0 Å². The van der Waals surface area contributed by atoms with Crippen molar-refractivity contribution in [2.75, 3.05) is 7.11 Å². The minimum Gasteiger partial charge on any atom is -0.468 e. The van der Waals surface area contributed by atoms with Gasteiger partial charge in [-0.1, -0.05) is 29.5 Å². The van der Waals surface area contributed by atoms with Crippen LogP contribution in [-0.4, -0.2) is 23.6 Å². The van der Waals surface area contributed by atoms with Crippen molar-refractivity contribution in [2.24, 2.45) is 4.99 Å². The number of hydrogen-bond acceptors (Lipinski definition) is 4. The highest BCUT2D eigenvalue weighted by atomic mass is 127. The molecule has 0 aliphatic rings. The summed E-state index contributed by atoms with van der Waals surface area (Å²) in [6.07, 6.45) is 0. The average molecular weight is 470 g/mol. The Morgan fingerprint density at radius 1 is 1.24 bits per heavy atom. The number of halogens is 2. The third kappa shape index (κ3) is 3.64. The second-order valence-electron chi connectivity index (χ2n) is 5.03. The Kier molecular flexibility index (Phi) is 5.28. The monoisotopic (exact) mass is 470 g/mol. The minimum atomic E-state index is -0.550. The van der Waals surface area contributed by atoms with Crippen molar-refractivity contribution < 1.29 is 18.7 Å². The SMILES string of the molecule is COC(=O)Cn1c(=NC(=O)c2ccccc2I)sc2cccc(F)c21. The summed E-state index contributed by atoms with van der Waals surface area (Å²) in [6.45, 7) is -0.227. The predicted octanol–water partition coefficient (Wildman–Crippen LogP) is 3.36. The van der Waals surface area contributed by atoms with E-state index in [0.717, 1.165) is 14.9 Å². The number of benzene rings is 2. The number of methoxy groups -OCH3 is 1. The molecule has 0 fully saturated rings. The minimum absolute atomic E-state index is 0.227. The van der Waals surface area contributed by atoms with E-state index in [1.165, 1.54) is 17.7 Å². The fraction of sp³-hybridized carbons (Fsp3) is 0.118. The normalized spacial score (nSPS) is 11.7. The Labute approximate surface area is 159 Å². The number of hydrogen-bond donors (Lipinski definition) is 0. The zero-order valence-corrected chi connectivity index (χ0v) is 16.0. The summed E-state index contributed by atoms with van der Waals surface area (Å²) in [7, 11) is 1.25. The number of ether oxygens (including phenoxy) is 1. The molecule has 5 nitrogen and oxygen atoms in total. The predicted molar refractivity (Wildman–Crippen MR) is 101 cm³/mol. The maximum absolute atomic E-state index is 14.2. The number of carbonyl (C=O) groups is 2. The first-order valence-electron chi connectivity index (χ1n) is 7.19. The number of amides is 1. The lowest BCUT2D eigenvalue weighted by Crippen LogP contribution is -2.23. The molecular weight excluding hydrogens is 458 g/mol. The van der Waals surface area contributed by atoms with E-state index in [4.69, 9.17) is 0 Å². The molecule has 0 radical (unpaired) electrons. The van der Waals surface area contributed by atoms with Gasteiger partial charge in [-0.2, -0.15) is 4.99 Å². The molecule has 0 aliphatic carbocycles. The van der Waals surface area contributed by atoms with Gasteiger partial charge in [0.2, 0.25) is 0 Å². The zero-order chi connectivity index (χ0) is 18.0. The summed E-state index contributed by atoms with van der Waals surface area (Å²) in [5, 5.41) is 0. The molecule has 0 bridgehead atoms. The topological polar surface area (TPSA) is 60.7 Å². The highest BCUT2D eigenvalue weighted by Gasteiger charge is 2.15. The van der Waals surface area contributed by atoms with Crippen LogP contribution in [0.1, 0.15) is 10.4 Å². The highest BCUT2D eigenvalue weighted by molar-refractivity contribution is 14.1. The molecular formula is C17H12FIN2O3S. The van der Waals surface area contributed by atoms with Crippen LogP contribution in [0.3, 0.4) is 0 Å². The molecule has 1 heterocycles. The van der Waals surface area contributed by atoms with E-state index in [1.54, 1.807) is 30.3 Å². The lowest BCUT2D eigenvalue weighted by Gasteiger charge is -2.04. The van der Waals surface area contributed by atoms with Gasteiger partial charge in [0.1, 0.15) is 12.4 Å². The number of nitrogens with zero attached hydrogens (tertiary/aromatic N) is 2. The Hall–Kier alpha value is -2.07. The Morgan fingerprint density at radius 2 is 2.00 bits per heavy atom. The van der Waals surface area contributed by atoms with Crippen LogP contribution in [-0.2, 0) is 16.1 Å². The van der Waals surface area contributed by atoms with Gasteiger partial charge < -0.3 is 9.30 Å². The van der Waals surface area contributed by atoms with Gasteiger partial charge in [0.15, 0.2) is 4.80 Å². The number of rotatable bonds is 3. The van der Waals surface area contributed by atoms with Crippen molar-refractivity contribution in [1.29, 1.82) is 0 Å². The molecule has 0 unspecified atom stereocenters. The van der Waals surface area contributed by atoms with Crippen LogP contribution < -0.4 is 4.80 Å². The molecule has 0 atom stereocenters. The van der Waals surface area contributed by atoms with Crippen molar-refractivity contribution in [3.63, 3.8) is 0 Å². The second kappa shape index (κ2) is 7.44. The van der Waals surface area contributed by atoms with Gasteiger partial charge >= 0.3 is 5.97 Å². The van der Waals surface area contributed by atoms with E-state index in [2.05, 4.69) is 32.3 Å². The van der Waals surface area contributed by atoms with Gasteiger partial charge in [-0.3, -0.25) is 9.59 Å². The van der Waals surface area contributed by atoms with Crippen molar-refractivity contribution in [3.8, 4) is 0 Å². The maximum Gasteiger partial charge on any atom is 0.325 e. The molecule has 0 N–H and O–H groups in total. The summed E-state index contributed by atoms with van der Waals surface area (Å²) in [4.78, 5) is 28.6. The van der Waals surface area contributed by atoms with Gasteiger partial charge in [0, 0.05) is 3.57 Å².